The van der Waals surface area contributed by atoms with Gasteiger partial charge < -0.3 is 9.52 Å². The lowest BCUT2D eigenvalue weighted by atomic mass is 9.91. The van der Waals surface area contributed by atoms with Crippen LogP contribution in [-0.2, 0) is 24.3 Å². The van der Waals surface area contributed by atoms with Gasteiger partial charge in [-0.2, -0.15) is 0 Å². The standard InChI is InChI=1S/C36H37ClN4O3S/c1-4-13-40-15-12-30-32(20-40)45-35(39-30)28-10-6-8-26(22(28)3)25-7-5-9-27(21(25)2)34-38-31-17-23(16-29(37)33(31)44-34)18-41-14-11-24(19-41)36(42)43/h5-10,16-17,24H,4,11-15,18-20H2,1-3H3,(H,42,43)/t24-/m1/s1. The first-order valence-corrected chi connectivity index (χ1v) is 16.9. The van der Waals surface area contributed by atoms with Crippen molar-refractivity contribution in [1.29, 1.82) is 0 Å². The zero-order valence-corrected chi connectivity index (χ0v) is 27.5. The molecular formula is C36H37ClN4O3S. The minimum Gasteiger partial charge on any atom is -0.481 e. The van der Waals surface area contributed by atoms with Gasteiger partial charge in [-0.15, -0.1) is 11.3 Å². The predicted octanol–water partition coefficient (Wildman–Crippen LogP) is 8.23. The number of likely N-dealkylation sites (tertiary alicyclic amines) is 1. The van der Waals surface area contributed by atoms with Gasteiger partial charge in [0.2, 0.25) is 5.89 Å². The molecule has 0 spiro atoms. The first kappa shape index (κ1) is 30.1. The fraction of sp³-hybridized carbons (Fsp3) is 0.361. The third-order valence-corrected chi connectivity index (χ3v) is 10.7. The minimum absolute atomic E-state index is 0.314. The number of carboxylic acids is 1. The molecule has 7 rings (SSSR count). The summed E-state index contributed by atoms with van der Waals surface area (Å²) >= 11 is 8.54. The van der Waals surface area contributed by atoms with E-state index < -0.39 is 5.97 Å². The molecule has 1 saturated heterocycles. The average molecular weight is 641 g/mol. The molecule has 0 bridgehead atoms. The monoisotopic (exact) mass is 640 g/mol. The highest BCUT2D eigenvalue weighted by Gasteiger charge is 2.28. The largest absolute Gasteiger partial charge is 0.481 e. The zero-order valence-electron chi connectivity index (χ0n) is 25.9. The molecule has 5 aromatic rings. The number of carboxylic acid groups (broad SMARTS) is 1. The first-order valence-electron chi connectivity index (χ1n) is 15.7. The second-order valence-corrected chi connectivity index (χ2v) is 13.9. The van der Waals surface area contributed by atoms with E-state index in [0.717, 1.165) is 59.9 Å². The molecule has 0 aliphatic carbocycles. The van der Waals surface area contributed by atoms with E-state index in [1.54, 1.807) is 0 Å². The van der Waals surface area contributed by atoms with E-state index in [9.17, 15) is 9.90 Å². The Balaban J connectivity index is 1.19. The third-order valence-electron chi connectivity index (χ3n) is 9.30. The summed E-state index contributed by atoms with van der Waals surface area (Å²) in [6, 6.07) is 16.7. The second kappa shape index (κ2) is 12.3. The molecule has 2 aliphatic rings. The number of halogens is 1. The molecule has 0 unspecified atom stereocenters. The van der Waals surface area contributed by atoms with Crippen molar-refractivity contribution in [3.8, 4) is 33.2 Å². The number of thiazole rings is 1. The smallest absolute Gasteiger partial charge is 0.307 e. The average Bonchev–Trinajstić information content (AvgIpc) is 3.76. The van der Waals surface area contributed by atoms with E-state index in [1.165, 1.54) is 33.7 Å². The Morgan fingerprint density at radius 3 is 2.49 bits per heavy atom. The molecule has 4 heterocycles. The van der Waals surface area contributed by atoms with Crippen molar-refractivity contribution in [2.75, 3.05) is 26.2 Å². The highest BCUT2D eigenvalue weighted by Crippen LogP contribution is 2.40. The maximum atomic E-state index is 11.4. The van der Waals surface area contributed by atoms with Crippen molar-refractivity contribution in [1.82, 2.24) is 19.8 Å². The fourth-order valence-electron chi connectivity index (χ4n) is 6.88. The summed E-state index contributed by atoms with van der Waals surface area (Å²) in [4.78, 5) is 27.5. The molecule has 1 N–H and O–H groups in total. The van der Waals surface area contributed by atoms with Crippen LogP contribution in [0.15, 0.2) is 52.9 Å². The number of fused-ring (bicyclic) bond motifs is 2. The Morgan fingerprint density at radius 1 is 1.02 bits per heavy atom. The summed E-state index contributed by atoms with van der Waals surface area (Å²) in [7, 11) is 0. The Labute approximate surface area is 272 Å². The molecular weight excluding hydrogens is 604 g/mol. The number of rotatable bonds is 8. The summed E-state index contributed by atoms with van der Waals surface area (Å²) in [6.45, 7) is 11.7. The number of benzene rings is 3. The maximum Gasteiger partial charge on any atom is 0.307 e. The highest BCUT2D eigenvalue weighted by atomic mass is 35.5. The molecule has 9 heteroatoms. The van der Waals surface area contributed by atoms with Crippen LogP contribution in [0.5, 0.6) is 0 Å². The van der Waals surface area contributed by atoms with Crippen molar-refractivity contribution in [3.05, 3.63) is 80.8 Å². The molecule has 0 amide bonds. The van der Waals surface area contributed by atoms with Gasteiger partial charge in [0.1, 0.15) is 10.5 Å². The van der Waals surface area contributed by atoms with E-state index in [0.29, 0.717) is 41.5 Å². The Kier molecular flexibility index (Phi) is 8.25. The molecule has 0 radical (unpaired) electrons. The lowest BCUT2D eigenvalue weighted by Gasteiger charge is -2.25. The summed E-state index contributed by atoms with van der Waals surface area (Å²) in [5.74, 6) is -0.508. The zero-order chi connectivity index (χ0) is 31.2. The first-order chi connectivity index (χ1) is 21.8. The lowest BCUT2D eigenvalue weighted by molar-refractivity contribution is -0.141. The SMILES string of the molecule is CCCN1CCc2nc(-c3cccc(-c4cccc(-c5nc6cc(CN7CC[C@@H](C(=O)O)C7)cc(Cl)c6o5)c4C)c3C)sc2C1. The van der Waals surface area contributed by atoms with Crippen LogP contribution in [0.25, 0.3) is 44.3 Å². The van der Waals surface area contributed by atoms with Gasteiger partial charge in [-0.1, -0.05) is 48.9 Å². The molecule has 2 aliphatic heterocycles. The van der Waals surface area contributed by atoms with Crippen molar-refractivity contribution < 1.29 is 14.3 Å². The quantitative estimate of drug-likeness (QED) is 0.183. The Bertz CT molecular complexity index is 1910. The van der Waals surface area contributed by atoms with Gasteiger partial charge in [-0.05, 0) is 85.8 Å². The molecule has 7 nitrogen and oxygen atoms in total. The Morgan fingerprint density at radius 2 is 1.76 bits per heavy atom. The highest BCUT2D eigenvalue weighted by molar-refractivity contribution is 7.15. The van der Waals surface area contributed by atoms with Gasteiger partial charge in [0.05, 0.1) is 16.6 Å². The number of carbonyl (C=O) groups is 1. The van der Waals surface area contributed by atoms with Crippen LogP contribution in [0.2, 0.25) is 5.02 Å². The number of aliphatic carboxylic acids is 1. The summed E-state index contributed by atoms with van der Waals surface area (Å²) in [5, 5.41) is 11.0. The molecule has 45 heavy (non-hydrogen) atoms. The van der Waals surface area contributed by atoms with Gasteiger partial charge in [0, 0.05) is 48.6 Å². The minimum atomic E-state index is -0.729. The normalized spacial score (nSPS) is 17.3. The number of aromatic nitrogens is 2. The van der Waals surface area contributed by atoms with Crippen LogP contribution in [0.4, 0.5) is 0 Å². The van der Waals surface area contributed by atoms with Crippen LogP contribution >= 0.6 is 22.9 Å². The van der Waals surface area contributed by atoms with Crippen LogP contribution in [-0.4, -0.2) is 57.0 Å². The maximum absolute atomic E-state index is 11.4. The van der Waals surface area contributed by atoms with Crippen molar-refractivity contribution in [3.63, 3.8) is 0 Å². The second-order valence-electron chi connectivity index (χ2n) is 12.4. The Hall–Kier alpha value is -3.56. The summed E-state index contributed by atoms with van der Waals surface area (Å²) in [5.41, 5.74) is 10.3. The van der Waals surface area contributed by atoms with Crippen LogP contribution in [0, 0.1) is 19.8 Å². The van der Waals surface area contributed by atoms with Gasteiger partial charge in [-0.3, -0.25) is 14.6 Å². The van der Waals surface area contributed by atoms with Crippen LogP contribution in [0.3, 0.4) is 0 Å². The number of oxazole rings is 1. The van der Waals surface area contributed by atoms with E-state index in [1.807, 2.05) is 29.5 Å². The van der Waals surface area contributed by atoms with Gasteiger partial charge in [0.15, 0.2) is 5.58 Å². The third kappa shape index (κ3) is 5.81. The number of hydrogen-bond donors (Lipinski definition) is 1. The van der Waals surface area contributed by atoms with E-state index in [-0.39, 0.29) is 5.92 Å². The lowest BCUT2D eigenvalue weighted by Crippen LogP contribution is -2.30. The predicted molar refractivity (Wildman–Crippen MR) is 181 cm³/mol. The molecule has 2 aromatic heterocycles. The summed E-state index contributed by atoms with van der Waals surface area (Å²) < 4.78 is 6.28. The van der Waals surface area contributed by atoms with Crippen LogP contribution < -0.4 is 0 Å². The summed E-state index contributed by atoms with van der Waals surface area (Å²) in [6.07, 6.45) is 2.86. The van der Waals surface area contributed by atoms with Gasteiger partial charge in [0.25, 0.3) is 0 Å². The topological polar surface area (TPSA) is 82.7 Å². The molecule has 232 valence electrons. The molecule has 0 saturated carbocycles. The molecule has 1 atom stereocenters. The van der Waals surface area contributed by atoms with Crippen molar-refractivity contribution in [2.24, 2.45) is 5.92 Å². The van der Waals surface area contributed by atoms with Crippen molar-refractivity contribution >= 4 is 40.0 Å². The van der Waals surface area contributed by atoms with E-state index >= 15 is 0 Å². The number of nitrogens with zero attached hydrogens (tertiary/aromatic N) is 4. The van der Waals surface area contributed by atoms with Crippen molar-refractivity contribution in [2.45, 2.75) is 53.1 Å². The van der Waals surface area contributed by atoms with Crippen LogP contribution in [0.1, 0.15) is 47.0 Å². The van der Waals surface area contributed by atoms with E-state index in [2.05, 4.69) is 60.9 Å². The number of hydrogen-bond acceptors (Lipinski definition) is 7. The van der Waals surface area contributed by atoms with Gasteiger partial charge in [-0.25, -0.2) is 9.97 Å². The molecule has 1 fully saturated rings. The molecule has 3 aromatic carbocycles. The van der Waals surface area contributed by atoms with Gasteiger partial charge >= 0.3 is 5.97 Å². The fourth-order valence-corrected chi connectivity index (χ4v) is 8.39. The van der Waals surface area contributed by atoms with E-state index in [4.69, 9.17) is 26.0 Å².